The highest BCUT2D eigenvalue weighted by atomic mass is 79.9. The Hall–Kier alpha value is -1.11. The third-order valence-corrected chi connectivity index (χ3v) is 2.73. The predicted molar refractivity (Wildman–Crippen MR) is 73.9 cm³/mol. The van der Waals surface area contributed by atoms with Gasteiger partial charge in [0, 0.05) is 24.7 Å². The summed E-state index contributed by atoms with van der Waals surface area (Å²) < 4.78 is 5.90. The fourth-order valence-electron chi connectivity index (χ4n) is 1.21. The van der Waals surface area contributed by atoms with Crippen LogP contribution in [0, 0.1) is 0 Å². The van der Waals surface area contributed by atoms with Gasteiger partial charge in [0.2, 0.25) is 5.96 Å². The predicted octanol–water partition coefficient (Wildman–Crippen LogP) is 1.72. The lowest BCUT2D eigenvalue weighted by molar-refractivity contribution is 0.197. The number of ether oxygens (including phenoxy) is 1. The fraction of sp³-hybridized carbons (Fsp3) is 0.364. The average molecular weight is 301 g/mol. The highest BCUT2D eigenvalue weighted by molar-refractivity contribution is 9.10. The number of para-hydroxylation sites is 1. The van der Waals surface area contributed by atoms with E-state index in [1.165, 1.54) is 0 Å². The molecule has 17 heavy (non-hydrogen) atoms. The zero-order valence-electron chi connectivity index (χ0n) is 9.74. The highest BCUT2D eigenvalue weighted by Crippen LogP contribution is 2.20. The molecule has 0 amide bonds. The van der Waals surface area contributed by atoms with Gasteiger partial charge < -0.3 is 10.1 Å². The van der Waals surface area contributed by atoms with Crippen LogP contribution in [0.25, 0.3) is 0 Å². The number of rotatable bonds is 5. The molecule has 0 spiro atoms. The third-order valence-electron chi connectivity index (χ3n) is 2.04. The van der Waals surface area contributed by atoms with Gasteiger partial charge in [-0.15, -0.1) is 0 Å². The van der Waals surface area contributed by atoms with Gasteiger partial charge in [-0.05, 0) is 34.5 Å². The summed E-state index contributed by atoms with van der Waals surface area (Å²) in [5.74, 6) is 5.93. The summed E-state index contributed by atoms with van der Waals surface area (Å²) in [7, 11) is 1.67. The number of halogens is 1. The second-order valence-corrected chi connectivity index (χ2v) is 4.18. The van der Waals surface area contributed by atoms with Crippen LogP contribution in [0.1, 0.15) is 6.42 Å². The highest BCUT2D eigenvalue weighted by Gasteiger charge is 2.00. The zero-order valence-corrected chi connectivity index (χ0v) is 11.3. The molecule has 0 fully saturated rings. The van der Waals surface area contributed by atoms with Crippen molar-refractivity contribution in [1.82, 2.24) is 5.43 Å². The monoisotopic (exact) mass is 300 g/mol. The van der Waals surface area contributed by atoms with Gasteiger partial charge in [0.1, 0.15) is 0 Å². The normalized spacial score (nSPS) is 11.4. The van der Waals surface area contributed by atoms with E-state index in [9.17, 15) is 0 Å². The Bertz CT molecular complexity index is 370. The van der Waals surface area contributed by atoms with Crippen LogP contribution in [0.2, 0.25) is 0 Å². The van der Waals surface area contributed by atoms with Crippen molar-refractivity contribution in [3.05, 3.63) is 28.7 Å². The van der Waals surface area contributed by atoms with Gasteiger partial charge in [0.25, 0.3) is 0 Å². The number of aliphatic imine (C=N–C) groups is 1. The Morgan fingerprint density at radius 2 is 2.24 bits per heavy atom. The number of hydrogen-bond acceptors (Lipinski definition) is 3. The molecule has 0 atom stereocenters. The van der Waals surface area contributed by atoms with Crippen molar-refractivity contribution in [2.75, 3.05) is 25.6 Å². The van der Waals surface area contributed by atoms with E-state index >= 15 is 0 Å². The number of nitrogens with zero attached hydrogens (tertiary/aromatic N) is 1. The Labute approximate surface area is 110 Å². The maximum absolute atomic E-state index is 5.40. The van der Waals surface area contributed by atoms with Crippen molar-refractivity contribution >= 4 is 27.6 Å². The van der Waals surface area contributed by atoms with Gasteiger partial charge in [0.15, 0.2) is 0 Å². The van der Waals surface area contributed by atoms with Crippen LogP contribution in [0.4, 0.5) is 5.69 Å². The molecule has 0 aromatic heterocycles. The van der Waals surface area contributed by atoms with Crippen molar-refractivity contribution in [1.29, 1.82) is 0 Å². The number of hydrogen-bond donors (Lipinski definition) is 3. The molecule has 1 aromatic rings. The molecule has 0 heterocycles. The number of nitrogens with one attached hydrogen (secondary N) is 2. The number of anilines is 1. The Morgan fingerprint density at radius 3 is 2.88 bits per heavy atom. The lowest BCUT2D eigenvalue weighted by Gasteiger charge is -2.10. The van der Waals surface area contributed by atoms with Crippen molar-refractivity contribution in [3.63, 3.8) is 0 Å². The van der Waals surface area contributed by atoms with Crippen LogP contribution in [0.5, 0.6) is 0 Å². The molecule has 0 bridgehead atoms. The molecule has 0 aliphatic rings. The third kappa shape index (κ3) is 5.16. The van der Waals surface area contributed by atoms with Crippen molar-refractivity contribution < 1.29 is 4.74 Å². The standard InChI is InChI=1S/C11H17BrN4O/c1-17-8-4-7-14-11(16-13)15-10-6-3-2-5-9(10)12/h2-3,5-6H,4,7-8,13H2,1H3,(H2,14,15,16). The first-order valence-electron chi connectivity index (χ1n) is 5.29. The van der Waals surface area contributed by atoms with Crippen molar-refractivity contribution in [2.24, 2.45) is 10.8 Å². The Kier molecular flexibility index (Phi) is 6.61. The first-order chi connectivity index (χ1) is 8.27. The quantitative estimate of drug-likeness (QED) is 0.255. The molecule has 6 heteroatoms. The summed E-state index contributed by atoms with van der Waals surface area (Å²) in [4.78, 5) is 4.28. The molecule has 0 aliphatic carbocycles. The van der Waals surface area contributed by atoms with Crippen LogP contribution in [0.15, 0.2) is 33.7 Å². The van der Waals surface area contributed by atoms with Gasteiger partial charge in [-0.25, -0.2) is 5.84 Å². The molecular weight excluding hydrogens is 284 g/mol. The maximum Gasteiger partial charge on any atom is 0.210 e. The van der Waals surface area contributed by atoms with Gasteiger partial charge in [-0.3, -0.25) is 10.4 Å². The van der Waals surface area contributed by atoms with Gasteiger partial charge in [-0.2, -0.15) is 0 Å². The minimum absolute atomic E-state index is 0.535. The van der Waals surface area contributed by atoms with E-state index in [2.05, 4.69) is 31.7 Å². The van der Waals surface area contributed by atoms with E-state index in [0.717, 1.165) is 16.6 Å². The average Bonchev–Trinajstić information content (AvgIpc) is 2.35. The first kappa shape index (κ1) is 14.0. The second kappa shape index (κ2) is 8.05. The Balaban J connectivity index is 2.54. The van der Waals surface area contributed by atoms with Crippen LogP contribution in [-0.4, -0.2) is 26.2 Å². The molecule has 1 rings (SSSR count). The van der Waals surface area contributed by atoms with E-state index in [4.69, 9.17) is 10.6 Å². The number of benzene rings is 1. The summed E-state index contributed by atoms with van der Waals surface area (Å²) >= 11 is 3.44. The Morgan fingerprint density at radius 1 is 1.47 bits per heavy atom. The molecule has 0 unspecified atom stereocenters. The van der Waals surface area contributed by atoms with Crippen LogP contribution in [-0.2, 0) is 4.74 Å². The van der Waals surface area contributed by atoms with E-state index < -0.39 is 0 Å². The molecule has 4 N–H and O–H groups in total. The first-order valence-corrected chi connectivity index (χ1v) is 6.08. The van der Waals surface area contributed by atoms with Gasteiger partial charge in [-0.1, -0.05) is 12.1 Å². The van der Waals surface area contributed by atoms with E-state index in [0.29, 0.717) is 19.1 Å². The van der Waals surface area contributed by atoms with Gasteiger partial charge >= 0.3 is 0 Å². The topological polar surface area (TPSA) is 71.7 Å². The van der Waals surface area contributed by atoms with Crippen molar-refractivity contribution in [2.45, 2.75) is 6.42 Å². The molecule has 5 nitrogen and oxygen atoms in total. The second-order valence-electron chi connectivity index (χ2n) is 3.33. The summed E-state index contributed by atoms with van der Waals surface area (Å²) in [6.07, 6.45) is 0.860. The van der Waals surface area contributed by atoms with Crippen LogP contribution in [0.3, 0.4) is 0 Å². The van der Waals surface area contributed by atoms with Crippen molar-refractivity contribution in [3.8, 4) is 0 Å². The number of guanidine groups is 1. The minimum atomic E-state index is 0.535. The smallest absolute Gasteiger partial charge is 0.210 e. The number of hydrazine groups is 1. The zero-order chi connectivity index (χ0) is 12.5. The molecule has 94 valence electrons. The van der Waals surface area contributed by atoms with E-state index in [-0.39, 0.29) is 0 Å². The molecule has 0 aliphatic heterocycles. The van der Waals surface area contributed by atoms with Crippen LogP contribution < -0.4 is 16.6 Å². The largest absolute Gasteiger partial charge is 0.385 e. The molecule has 0 saturated heterocycles. The van der Waals surface area contributed by atoms with Crippen LogP contribution >= 0.6 is 15.9 Å². The molecule has 1 aromatic carbocycles. The summed E-state index contributed by atoms with van der Waals surface area (Å²) in [6.45, 7) is 1.35. The molecule has 0 saturated carbocycles. The number of nitrogens with two attached hydrogens (primary N) is 1. The fourth-order valence-corrected chi connectivity index (χ4v) is 1.60. The minimum Gasteiger partial charge on any atom is -0.385 e. The summed E-state index contributed by atoms with van der Waals surface area (Å²) in [5, 5.41) is 3.10. The summed E-state index contributed by atoms with van der Waals surface area (Å²) in [6, 6.07) is 7.76. The van der Waals surface area contributed by atoms with E-state index in [1.54, 1.807) is 7.11 Å². The van der Waals surface area contributed by atoms with Gasteiger partial charge in [0.05, 0.1) is 5.69 Å². The number of methoxy groups -OCH3 is 1. The lowest BCUT2D eigenvalue weighted by atomic mass is 10.3. The summed E-state index contributed by atoms with van der Waals surface area (Å²) in [5.41, 5.74) is 3.44. The molecule has 0 radical (unpaired) electrons. The van der Waals surface area contributed by atoms with E-state index in [1.807, 2.05) is 24.3 Å². The SMILES string of the molecule is COCCCN=C(NN)Nc1ccccc1Br. The molecular formula is C11H17BrN4O. The lowest BCUT2D eigenvalue weighted by Crippen LogP contribution is -2.36. The maximum atomic E-state index is 5.40.